The minimum Gasteiger partial charge on any atom is -0.493 e. The molecule has 0 atom stereocenters. The fourth-order valence-electron chi connectivity index (χ4n) is 3.47. The quantitative estimate of drug-likeness (QED) is 0.688. The summed E-state index contributed by atoms with van der Waals surface area (Å²) < 4.78 is 21.9. The Morgan fingerprint density at radius 1 is 1.10 bits per heavy atom. The highest BCUT2D eigenvalue weighted by Gasteiger charge is 2.18. The zero-order chi connectivity index (χ0) is 20.2. The Hall–Kier alpha value is -3.06. The first kappa shape index (κ1) is 19.3. The third kappa shape index (κ3) is 4.35. The summed E-state index contributed by atoms with van der Waals surface area (Å²) in [6, 6.07) is 11.2. The van der Waals surface area contributed by atoms with E-state index in [1.807, 2.05) is 24.3 Å². The first-order valence-corrected chi connectivity index (χ1v) is 9.65. The number of fused-ring (bicyclic) bond motifs is 1. The predicted octanol–water partition coefficient (Wildman–Crippen LogP) is 3.34. The Balaban J connectivity index is 1.50. The van der Waals surface area contributed by atoms with Crippen LogP contribution in [0.15, 0.2) is 40.8 Å². The average Bonchev–Trinajstić information content (AvgIpc) is 3.15. The summed E-state index contributed by atoms with van der Waals surface area (Å²) in [5, 5.41) is 3.06. The summed E-state index contributed by atoms with van der Waals surface area (Å²) in [7, 11) is 3.21. The molecule has 1 N–H and O–H groups in total. The molecule has 0 saturated carbocycles. The summed E-state index contributed by atoms with van der Waals surface area (Å²) >= 11 is 0. The van der Waals surface area contributed by atoms with Gasteiger partial charge >= 0.3 is 0 Å². The molecule has 4 rings (SSSR count). The molecule has 7 nitrogen and oxygen atoms in total. The summed E-state index contributed by atoms with van der Waals surface area (Å²) in [5.74, 6) is 1.81. The van der Waals surface area contributed by atoms with Crippen LogP contribution in [-0.4, -0.2) is 44.4 Å². The van der Waals surface area contributed by atoms with Gasteiger partial charge in [0.15, 0.2) is 23.0 Å². The summed E-state index contributed by atoms with van der Waals surface area (Å²) in [4.78, 5) is 17.1. The van der Waals surface area contributed by atoms with E-state index in [4.69, 9.17) is 18.6 Å². The number of benzene rings is 2. The smallest absolute Gasteiger partial charge is 0.251 e. The molecule has 7 heteroatoms. The van der Waals surface area contributed by atoms with Gasteiger partial charge < -0.3 is 23.9 Å². The van der Waals surface area contributed by atoms with Gasteiger partial charge in [-0.15, -0.1) is 0 Å². The van der Waals surface area contributed by atoms with Crippen LogP contribution in [0.25, 0.3) is 11.1 Å². The Kier molecular flexibility index (Phi) is 5.67. The van der Waals surface area contributed by atoms with Gasteiger partial charge in [-0.25, -0.2) is 4.98 Å². The minimum absolute atomic E-state index is 0.100. The number of amides is 1. The molecule has 2 heterocycles. The molecule has 1 aliphatic heterocycles. The maximum Gasteiger partial charge on any atom is 0.251 e. The number of carbonyl (C=O) groups excluding carboxylic acids is 1. The lowest BCUT2D eigenvalue weighted by Crippen LogP contribution is -2.38. The standard InChI is InChI=1S/C22H24N2O5/c1-26-18-6-3-14(11-20(18)27-2)12-21-24-17-5-4-15(13-19(17)29-21)22(25)23-16-7-9-28-10-8-16/h3-6,11,13,16H,7-10,12H2,1-2H3,(H,23,25). The van der Waals surface area contributed by atoms with Crippen LogP contribution in [-0.2, 0) is 11.2 Å². The van der Waals surface area contributed by atoms with Gasteiger partial charge in [-0.3, -0.25) is 4.79 Å². The van der Waals surface area contributed by atoms with E-state index in [-0.39, 0.29) is 11.9 Å². The number of hydrogen-bond donors (Lipinski definition) is 1. The maximum absolute atomic E-state index is 12.5. The molecule has 1 amide bonds. The van der Waals surface area contributed by atoms with Gasteiger partial charge in [-0.1, -0.05) is 6.07 Å². The number of nitrogens with zero attached hydrogens (tertiary/aromatic N) is 1. The third-order valence-electron chi connectivity index (χ3n) is 5.05. The molecule has 152 valence electrons. The van der Waals surface area contributed by atoms with Crippen molar-refractivity contribution < 1.29 is 23.4 Å². The van der Waals surface area contributed by atoms with Crippen LogP contribution in [0.3, 0.4) is 0 Å². The number of oxazole rings is 1. The molecule has 0 spiro atoms. The number of carbonyl (C=O) groups is 1. The normalized spacial score (nSPS) is 14.7. The number of aromatic nitrogens is 1. The van der Waals surface area contributed by atoms with Crippen molar-refractivity contribution in [2.75, 3.05) is 27.4 Å². The molecule has 0 unspecified atom stereocenters. The van der Waals surface area contributed by atoms with Gasteiger partial charge in [0.2, 0.25) is 0 Å². The van der Waals surface area contributed by atoms with Crippen molar-refractivity contribution in [1.82, 2.24) is 10.3 Å². The zero-order valence-electron chi connectivity index (χ0n) is 16.6. The summed E-state index contributed by atoms with van der Waals surface area (Å²) in [6.45, 7) is 1.37. The Morgan fingerprint density at radius 2 is 1.90 bits per heavy atom. The van der Waals surface area contributed by atoms with E-state index in [2.05, 4.69) is 10.3 Å². The lowest BCUT2D eigenvalue weighted by molar-refractivity contribution is 0.0696. The number of methoxy groups -OCH3 is 2. The maximum atomic E-state index is 12.5. The lowest BCUT2D eigenvalue weighted by atomic mass is 10.1. The molecule has 1 saturated heterocycles. The van der Waals surface area contributed by atoms with Crippen LogP contribution < -0.4 is 14.8 Å². The first-order valence-electron chi connectivity index (χ1n) is 9.65. The number of nitrogens with one attached hydrogen (secondary N) is 1. The van der Waals surface area contributed by atoms with Gasteiger partial charge in [0, 0.05) is 31.2 Å². The van der Waals surface area contributed by atoms with E-state index in [0.717, 1.165) is 23.9 Å². The van der Waals surface area contributed by atoms with Gasteiger partial charge in [-0.05, 0) is 48.7 Å². The fourth-order valence-corrected chi connectivity index (χ4v) is 3.47. The molecule has 29 heavy (non-hydrogen) atoms. The second kappa shape index (κ2) is 8.53. The molecular weight excluding hydrogens is 372 g/mol. The molecule has 1 aromatic heterocycles. The molecule has 2 aromatic carbocycles. The molecular formula is C22H24N2O5. The number of rotatable bonds is 6. The van der Waals surface area contributed by atoms with Crippen LogP contribution >= 0.6 is 0 Å². The monoisotopic (exact) mass is 396 g/mol. The van der Waals surface area contributed by atoms with Crippen molar-refractivity contribution in [2.45, 2.75) is 25.3 Å². The van der Waals surface area contributed by atoms with E-state index < -0.39 is 0 Å². The van der Waals surface area contributed by atoms with Crippen LogP contribution in [0.1, 0.15) is 34.7 Å². The van der Waals surface area contributed by atoms with Gasteiger partial charge in [0.25, 0.3) is 5.91 Å². The third-order valence-corrected chi connectivity index (χ3v) is 5.05. The van der Waals surface area contributed by atoms with Crippen LogP contribution in [0, 0.1) is 0 Å². The van der Waals surface area contributed by atoms with E-state index in [0.29, 0.717) is 48.2 Å². The second-order valence-corrected chi connectivity index (χ2v) is 7.02. The average molecular weight is 396 g/mol. The lowest BCUT2D eigenvalue weighted by Gasteiger charge is -2.23. The SMILES string of the molecule is COc1ccc(Cc2nc3ccc(C(=O)NC4CCOCC4)cc3o2)cc1OC. The van der Waals surface area contributed by atoms with Crippen molar-refractivity contribution in [2.24, 2.45) is 0 Å². The molecule has 0 aliphatic carbocycles. The summed E-state index contributed by atoms with van der Waals surface area (Å²) in [5.41, 5.74) is 2.88. The van der Waals surface area contributed by atoms with Gasteiger partial charge in [0.1, 0.15) is 5.52 Å². The zero-order valence-corrected chi connectivity index (χ0v) is 16.6. The van der Waals surface area contributed by atoms with Gasteiger partial charge in [-0.2, -0.15) is 0 Å². The topological polar surface area (TPSA) is 82.8 Å². The Morgan fingerprint density at radius 3 is 2.66 bits per heavy atom. The van der Waals surface area contributed by atoms with E-state index >= 15 is 0 Å². The first-order chi connectivity index (χ1) is 14.2. The van der Waals surface area contributed by atoms with Crippen molar-refractivity contribution in [1.29, 1.82) is 0 Å². The van der Waals surface area contributed by atoms with Crippen molar-refractivity contribution >= 4 is 17.0 Å². The van der Waals surface area contributed by atoms with Crippen LogP contribution in [0.5, 0.6) is 11.5 Å². The Labute approximate surface area is 169 Å². The van der Waals surface area contributed by atoms with Crippen LogP contribution in [0.2, 0.25) is 0 Å². The molecule has 0 radical (unpaired) electrons. The highest BCUT2D eigenvalue weighted by molar-refractivity contribution is 5.97. The number of hydrogen-bond acceptors (Lipinski definition) is 6. The minimum atomic E-state index is -0.100. The van der Waals surface area contributed by atoms with E-state index in [9.17, 15) is 4.79 Å². The largest absolute Gasteiger partial charge is 0.493 e. The van der Waals surface area contributed by atoms with E-state index in [1.165, 1.54) is 0 Å². The highest BCUT2D eigenvalue weighted by Crippen LogP contribution is 2.29. The van der Waals surface area contributed by atoms with Gasteiger partial charge in [0.05, 0.1) is 14.2 Å². The molecule has 0 bridgehead atoms. The van der Waals surface area contributed by atoms with Crippen LogP contribution in [0.4, 0.5) is 0 Å². The summed E-state index contributed by atoms with van der Waals surface area (Å²) in [6.07, 6.45) is 2.19. The Bertz CT molecular complexity index is 1010. The predicted molar refractivity (Wildman–Crippen MR) is 108 cm³/mol. The number of ether oxygens (including phenoxy) is 3. The molecule has 1 aliphatic rings. The second-order valence-electron chi connectivity index (χ2n) is 7.02. The highest BCUT2D eigenvalue weighted by atomic mass is 16.5. The van der Waals surface area contributed by atoms with Crippen molar-refractivity contribution in [3.63, 3.8) is 0 Å². The van der Waals surface area contributed by atoms with E-state index in [1.54, 1.807) is 26.4 Å². The van der Waals surface area contributed by atoms with Crippen molar-refractivity contribution in [3.8, 4) is 11.5 Å². The fraction of sp³-hybridized carbons (Fsp3) is 0.364. The molecule has 1 fully saturated rings. The molecule has 3 aromatic rings. The van der Waals surface area contributed by atoms with Crippen molar-refractivity contribution in [3.05, 3.63) is 53.4 Å².